The number of rotatable bonds is 4. The molecule has 1 heterocycles. The molecule has 1 aliphatic heterocycles. The molecular weight excluding hydrogens is 332 g/mol. The summed E-state index contributed by atoms with van der Waals surface area (Å²) in [4.78, 5) is 37.6. The summed E-state index contributed by atoms with van der Waals surface area (Å²) in [5, 5.41) is 3.27. The minimum atomic E-state index is -0.821. The first-order valence-electron chi connectivity index (χ1n) is 8.05. The Morgan fingerprint density at radius 3 is 2.62 bits per heavy atom. The topological polar surface area (TPSA) is 75.7 Å². The number of amides is 3. The quantitative estimate of drug-likeness (QED) is 0.669. The van der Waals surface area contributed by atoms with Crippen LogP contribution in [-0.4, -0.2) is 34.9 Å². The van der Waals surface area contributed by atoms with E-state index in [2.05, 4.69) is 5.32 Å². The maximum absolute atomic E-state index is 12.6. The summed E-state index contributed by atoms with van der Waals surface area (Å²) < 4.78 is 5.15. The van der Waals surface area contributed by atoms with Crippen molar-refractivity contribution in [2.75, 3.05) is 6.54 Å². The molecule has 24 heavy (non-hydrogen) atoms. The van der Waals surface area contributed by atoms with Crippen molar-refractivity contribution in [2.24, 2.45) is 0 Å². The van der Waals surface area contributed by atoms with E-state index in [9.17, 15) is 14.4 Å². The fourth-order valence-electron chi connectivity index (χ4n) is 3.26. The van der Waals surface area contributed by atoms with Crippen LogP contribution in [0.1, 0.15) is 37.7 Å². The number of nitrogens with zero attached hydrogens (tertiary/aromatic N) is 1. The standard InChI is InChI=1S/C17H19ClN2O4/c18-13-7-3-2-6-12(13)11-24-14(21)10-20-15(22)17(19-16(20)23)8-4-1-5-9-17/h2-3,6-7H,1,4-5,8-11H2,(H,19,23). The molecule has 1 aliphatic carbocycles. The molecule has 0 atom stereocenters. The first-order valence-corrected chi connectivity index (χ1v) is 8.43. The van der Waals surface area contributed by atoms with Crippen LogP contribution in [0.2, 0.25) is 5.02 Å². The van der Waals surface area contributed by atoms with Crippen molar-refractivity contribution in [3.05, 3.63) is 34.9 Å². The Kier molecular flexibility index (Phi) is 4.76. The Hall–Kier alpha value is -2.08. The van der Waals surface area contributed by atoms with E-state index in [0.717, 1.165) is 24.2 Å². The Morgan fingerprint density at radius 1 is 1.21 bits per heavy atom. The van der Waals surface area contributed by atoms with Crippen LogP contribution in [0.25, 0.3) is 0 Å². The van der Waals surface area contributed by atoms with E-state index in [1.165, 1.54) is 0 Å². The van der Waals surface area contributed by atoms with E-state index in [0.29, 0.717) is 23.4 Å². The lowest BCUT2D eigenvalue weighted by Crippen LogP contribution is -2.48. The minimum absolute atomic E-state index is 0.00724. The monoisotopic (exact) mass is 350 g/mol. The van der Waals surface area contributed by atoms with Crippen molar-refractivity contribution in [1.29, 1.82) is 0 Å². The molecule has 0 unspecified atom stereocenters. The molecule has 0 radical (unpaired) electrons. The molecule has 1 spiro atoms. The normalized spacial score (nSPS) is 19.5. The van der Waals surface area contributed by atoms with Gasteiger partial charge >= 0.3 is 12.0 Å². The van der Waals surface area contributed by atoms with Gasteiger partial charge in [-0.05, 0) is 18.9 Å². The van der Waals surface area contributed by atoms with Gasteiger partial charge in [-0.1, -0.05) is 49.1 Å². The summed E-state index contributed by atoms with van der Waals surface area (Å²) in [6.45, 7) is -0.371. The molecule has 3 rings (SSSR count). The number of carbonyl (C=O) groups excluding carboxylic acids is 3. The van der Waals surface area contributed by atoms with Gasteiger partial charge in [0.15, 0.2) is 0 Å². The maximum Gasteiger partial charge on any atom is 0.326 e. The number of nitrogens with one attached hydrogen (secondary N) is 1. The second-order valence-corrected chi connectivity index (χ2v) is 6.62. The van der Waals surface area contributed by atoms with E-state index in [1.54, 1.807) is 24.3 Å². The smallest absolute Gasteiger partial charge is 0.326 e. The predicted octanol–water partition coefficient (Wildman–Crippen LogP) is 2.64. The summed E-state index contributed by atoms with van der Waals surface area (Å²) in [6, 6.07) is 6.51. The Morgan fingerprint density at radius 2 is 1.92 bits per heavy atom. The van der Waals surface area contributed by atoms with E-state index in [4.69, 9.17) is 16.3 Å². The molecule has 6 nitrogen and oxygen atoms in total. The molecule has 2 fully saturated rings. The minimum Gasteiger partial charge on any atom is -0.459 e. The van der Waals surface area contributed by atoms with E-state index >= 15 is 0 Å². The van der Waals surface area contributed by atoms with Gasteiger partial charge in [0, 0.05) is 10.6 Å². The predicted molar refractivity (Wildman–Crippen MR) is 87.3 cm³/mol. The van der Waals surface area contributed by atoms with Gasteiger partial charge < -0.3 is 10.1 Å². The van der Waals surface area contributed by atoms with Crippen LogP contribution in [0.15, 0.2) is 24.3 Å². The average molecular weight is 351 g/mol. The third kappa shape index (κ3) is 3.24. The van der Waals surface area contributed by atoms with Gasteiger partial charge in [-0.2, -0.15) is 0 Å². The molecule has 1 N–H and O–H groups in total. The molecule has 1 aromatic rings. The fraction of sp³-hybridized carbons (Fsp3) is 0.471. The number of carbonyl (C=O) groups is 3. The lowest BCUT2D eigenvalue weighted by molar-refractivity contribution is -0.149. The molecule has 0 bridgehead atoms. The fourth-order valence-corrected chi connectivity index (χ4v) is 3.45. The highest BCUT2D eigenvalue weighted by Crippen LogP contribution is 2.33. The van der Waals surface area contributed by atoms with Crippen molar-refractivity contribution in [2.45, 2.75) is 44.2 Å². The number of ether oxygens (including phenoxy) is 1. The lowest BCUT2D eigenvalue weighted by atomic mass is 9.82. The second kappa shape index (κ2) is 6.81. The Labute approximate surface area is 145 Å². The molecule has 128 valence electrons. The van der Waals surface area contributed by atoms with E-state index < -0.39 is 17.5 Å². The molecule has 1 saturated carbocycles. The van der Waals surface area contributed by atoms with Crippen molar-refractivity contribution >= 4 is 29.5 Å². The van der Waals surface area contributed by atoms with Gasteiger partial charge in [0.1, 0.15) is 18.7 Å². The van der Waals surface area contributed by atoms with Gasteiger partial charge in [-0.3, -0.25) is 14.5 Å². The highest BCUT2D eigenvalue weighted by atomic mass is 35.5. The molecule has 0 aromatic heterocycles. The van der Waals surface area contributed by atoms with Crippen LogP contribution in [0.3, 0.4) is 0 Å². The van der Waals surface area contributed by atoms with Gasteiger partial charge in [-0.25, -0.2) is 4.79 Å². The highest BCUT2D eigenvalue weighted by Gasteiger charge is 2.51. The van der Waals surface area contributed by atoms with Gasteiger partial charge in [0.25, 0.3) is 5.91 Å². The Bertz CT molecular complexity index is 670. The zero-order valence-electron chi connectivity index (χ0n) is 13.2. The number of halogens is 1. The van der Waals surface area contributed by atoms with Crippen molar-refractivity contribution in [3.8, 4) is 0 Å². The molecule has 1 saturated heterocycles. The number of hydrogen-bond acceptors (Lipinski definition) is 4. The number of esters is 1. The number of imide groups is 1. The molecule has 3 amide bonds. The zero-order chi connectivity index (χ0) is 17.2. The van der Waals surface area contributed by atoms with Crippen LogP contribution in [0, 0.1) is 0 Å². The Balaban J connectivity index is 1.59. The number of urea groups is 1. The SMILES string of the molecule is O=C(CN1C(=O)NC2(CCCCC2)C1=O)OCc1ccccc1Cl. The first kappa shape index (κ1) is 16.8. The molecule has 1 aromatic carbocycles. The molecule has 2 aliphatic rings. The molecule has 7 heteroatoms. The van der Waals surface area contributed by atoms with Crippen LogP contribution < -0.4 is 5.32 Å². The second-order valence-electron chi connectivity index (χ2n) is 6.22. The van der Waals surface area contributed by atoms with Crippen molar-refractivity contribution in [1.82, 2.24) is 10.2 Å². The van der Waals surface area contributed by atoms with Gasteiger partial charge in [0.05, 0.1) is 0 Å². The zero-order valence-corrected chi connectivity index (χ0v) is 14.0. The summed E-state index contributed by atoms with van der Waals surface area (Å²) >= 11 is 6.00. The largest absolute Gasteiger partial charge is 0.459 e. The summed E-state index contributed by atoms with van der Waals surface area (Å²) in [7, 11) is 0. The summed E-state index contributed by atoms with van der Waals surface area (Å²) in [5.41, 5.74) is -0.147. The van der Waals surface area contributed by atoms with Crippen LogP contribution in [0.5, 0.6) is 0 Å². The van der Waals surface area contributed by atoms with Crippen LogP contribution in [-0.2, 0) is 20.9 Å². The summed E-state index contributed by atoms with van der Waals surface area (Å²) in [5.74, 6) is -0.951. The van der Waals surface area contributed by atoms with Gasteiger partial charge in [0.2, 0.25) is 0 Å². The molecular formula is C17H19ClN2O4. The van der Waals surface area contributed by atoms with Crippen LogP contribution >= 0.6 is 11.6 Å². The van der Waals surface area contributed by atoms with Crippen molar-refractivity contribution < 1.29 is 19.1 Å². The average Bonchev–Trinajstić information content (AvgIpc) is 2.79. The van der Waals surface area contributed by atoms with E-state index in [-0.39, 0.29) is 19.1 Å². The lowest BCUT2D eigenvalue weighted by Gasteiger charge is -2.30. The maximum atomic E-state index is 12.6. The first-order chi connectivity index (χ1) is 11.5. The third-order valence-electron chi connectivity index (χ3n) is 4.59. The van der Waals surface area contributed by atoms with Crippen molar-refractivity contribution in [3.63, 3.8) is 0 Å². The van der Waals surface area contributed by atoms with E-state index in [1.807, 2.05) is 0 Å². The van der Waals surface area contributed by atoms with Gasteiger partial charge in [-0.15, -0.1) is 0 Å². The highest BCUT2D eigenvalue weighted by molar-refractivity contribution is 6.31. The third-order valence-corrected chi connectivity index (χ3v) is 4.96. The summed E-state index contributed by atoms with van der Waals surface area (Å²) in [6.07, 6.45) is 4.11. The van der Waals surface area contributed by atoms with Crippen LogP contribution in [0.4, 0.5) is 4.79 Å². The number of hydrogen-bond donors (Lipinski definition) is 1. The number of benzene rings is 1.